The number of rotatable bonds is 18. The molecule has 0 atom stereocenters. The molecule has 4 aromatic carbocycles. The topological polar surface area (TPSA) is 121 Å². The van der Waals surface area contributed by atoms with Crippen LogP contribution in [0.3, 0.4) is 0 Å². The Labute approximate surface area is 274 Å². The van der Waals surface area contributed by atoms with Crippen LogP contribution in [0.5, 0.6) is 23.0 Å². The molecular weight excluding hydrogens is 598 g/mol. The Bertz CT molecular complexity index is 1680. The van der Waals surface area contributed by atoms with E-state index in [1.165, 1.54) is 6.07 Å². The van der Waals surface area contributed by atoms with Gasteiger partial charge in [-0.05, 0) is 86.7 Å². The third kappa shape index (κ3) is 10.0. The normalized spacial score (nSPS) is 10.6. The van der Waals surface area contributed by atoms with E-state index in [9.17, 15) is 14.4 Å². The van der Waals surface area contributed by atoms with Crippen molar-refractivity contribution in [1.82, 2.24) is 0 Å². The van der Waals surface area contributed by atoms with Gasteiger partial charge in [-0.25, -0.2) is 14.4 Å². The number of hydrogen-bond donors (Lipinski definition) is 1. The minimum atomic E-state index is -0.604. The number of hydrogen-bond acceptors (Lipinski definition) is 9. The van der Waals surface area contributed by atoms with Gasteiger partial charge in [0.05, 0.1) is 30.9 Å². The molecule has 0 aliphatic heterocycles. The molecule has 47 heavy (non-hydrogen) atoms. The summed E-state index contributed by atoms with van der Waals surface area (Å²) < 4.78 is 28.0. The van der Waals surface area contributed by atoms with Crippen LogP contribution in [-0.2, 0) is 9.53 Å². The third-order valence-electron chi connectivity index (χ3n) is 7.20. The Morgan fingerprint density at radius 1 is 0.702 bits per heavy atom. The van der Waals surface area contributed by atoms with Gasteiger partial charge in [0.15, 0.2) is 0 Å². The molecule has 244 valence electrons. The highest BCUT2D eigenvalue weighted by Crippen LogP contribution is 2.37. The molecule has 0 unspecified atom stereocenters. The van der Waals surface area contributed by atoms with E-state index >= 15 is 0 Å². The van der Waals surface area contributed by atoms with E-state index in [0.29, 0.717) is 53.2 Å². The van der Waals surface area contributed by atoms with Crippen molar-refractivity contribution < 1.29 is 38.1 Å². The van der Waals surface area contributed by atoms with E-state index in [0.717, 1.165) is 50.8 Å². The zero-order valence-corrected chi connectivity index (χ0v) is 26.5. The smallest absolute Gasteiger partial charge is 0.343 e. The summed E-state index contributed by atoms with van der Waals surface area (Å²) >= 11 is 0. The van der Waals surface area contributed by atoms with Gasteiger partial charge in [-0.2, -0.15) is 0 Å². The molecule has 0 amide bonds. The number of ether oxygens (including phenoxy) is 5. The van der Waals surface area contributed by atoms with Crippen molar-refractivity contribution in [2.75, 3.05) is 19.8 Å². The average Bonchev–Trinajstić information content (AvgIpc) is 3.10. The summed E-state index contributed by atoms with van der Waals surface area (Å²) in [6, 6.07) is 22.0. The summed E-state index contributed by atoms with van der Waals surface area (Å²) in [6.45, 7) is 6.95. The zero-order valence-electron chi connectivity index (χ0n) is 26.5. The first-order chi connectivity index (χ1) is 22.9. The number of carbonyl (C=O) groups excluding carboxylic acids is 3. The van der Waals surface area contributed by atoms with E-state index < -0.39 is 17.9 Å². The lowest BCUT2D eigenvalue weighted by atomic mass is 10.0. The maximum absolute atomic E-state index is 13.2. The Hall–Kier alpha value is -5.44. The highest BCUT2D eigenvalue weighted by molar-refractivity contribution is 6.04. The highest BCUT2D eigenvalue weighted by atomic mass is 16.5. The number of fused-ring (bicyclic) bond motifs is 1. The van der Waals surface area contributed by atoms with Gasteiger partial charge in [-0.15, -0.1) is 0 Å². The van der Waals surface area contributed by atoms with Gasteiger partial charge in [0.1, 0.15) is 23.0 Å². The number of unbranched alkanes of at least 4 members (excludes halogenated alkanes) is 4. The summed E-state index contributed by atoms with van der Waals surface area (Å²) in [6.07, 6.45) is 7.64. The van der Waals surface area contributed by atoms with Gasteiger partial charge in [-0.1, -0.05) is 44.2 Å². The Balaban J connectivity index is 1.37. The van der Waals surface area contributed by atoms with Crippen LogP contribution in [0.25, 0.3) is 10.8 Å². The van der Waals surface area contributed by atoms with E-state index in [-0.39, 0.29) is 17.1 Å². The molecule has 0 saturated carbocycles. The van der Waals surface area contributed by atoms with Crippen molar-refractivity contribution in [3.63, 3.8) is 0 Å². The standard InChI is InChI=1S/C38H39NO8/c1-3-5-22-43-30-18-14-27(15-19-30)37(41)46-34-25-29(26-39)36(33-13-9-8-12-32(33)34)47-38(42)28-16-20-31(21-17-28)44-23-10-6-7-11-24-45-35(40)4-2/h4,8-9,12-21,25-26,39H,2-3,5-7,10-11,22-24H2,1H3. The molecule has 0 radical (unpaired) electrons. The molecule has 0 bridgehead atoms. The predicted octanol–water partition coefficient (Wildman–Crippen LogP) is 8.12. The van der Waals surface area contributed by atoms with E-state index in [4.69, 9.17) is 29.1 Å². The van der Waals surface area contributed by atoms with Crippen molar-refractivity contribution in [2.45, 2.75) is 45.4 Å². The molecular formula is C38H39NO8. The molecule has 0 heterocycles. The van der Waals surface area contributed by atoms with Gasteiger partial charge in [0.25, 0.3) is 0 Å². The molecule has 9 heteroatoms. The molecule has 4 rings (SSSR count). The molecule has 0 fully saturated rings. The predicted molar refractivity (Wildman–Crippen MR) is 180 cm³/mol. The van der Waals surface area contributed by atoms with Crippen LogP contribution in [0.1, 0.15) is 71.7 Å². The van der Waals surface area contributed by atoms with Crippen LogP contribution in [0, 0.1) is 5.41 Å². The fourth-order valence-corrected chi connectivity index (χ4v) is 4.64. The van der Waals surface area contributed by atoms with Crippen LogP contribution >= 0.6 is 0 Å². The van der Waals surface area contributed by atoms with Crippen molar-refractivity contribution in [3.05, 3.63) is 108 Å². The van der Waals surface area contributed by atoms with Crippen LogP contribution in [-0.4, -0.2) is 43.9 Å². The fraction of sp³-hybridized carbons (Fsp3) is 0.263. The number of benzene rings is 4. The first kappa shape index (κ1) is 34.4. The Kier molecular flexibility index (Phi) is 13.1. The molecule has 0 aliphatic carbocycles. The summed E-state index contributed by atoms with van der Waals surface area (Å²) in [7, 11) is 0. The van der Waals surface area contributed by atoms with Crippen LogP contribution < -0.4 is 18.9 Å². The van der Waals surface area contributed by atoms with Gasteiger partial charge in [0, 0.05) is 28.6 Å². The lowest BCUT2D eigenvalue weighted by Crippen LogP contribution is -2.12. The molecule has 1 N–H and O–H groups in total. The van der Waals surface area contributed by atoms with E-state index in [1.54, 1.807) is 72.8 Å². The monoisotopic (exact) mass is 637 g/mol. The summed E-state index contributed by atoms with van der Waals surface area (Å²) in [5.41, 5.74) is 0.933. The molecule has 0 aromatic heterocycles. The maximum Gasteiger partial charge on any atom is 0.343 e. The van der Waals surface area contributed by atoms with E-state index in [2.05, 4.69) is 13.5 Å². The number of esters is 3. The molecule has 9 nitrogen and oxygen atoms in total. The summed E-state index contributed by atoms with van der Waals surface area (Å²) in [5.74, 6) is 0.147. The van der Waals surface area contributed by atoms with E-state index in [1.807, 2.05) is 0 Å². The SMILES string of the molecule is C=CC(=O)OCCCCCCOc1ccc(C(=O)Oc2c(C=N)cc(OC(=O)c3ccc(OCCCC)cc3)c3ccccc23)cc1. The lowest BCUT2D eigenvalue weighted by Gasteiger charge is -2.15. The number of carbonyl (C=O) groups is 3. The molecule has 0 saturated heterocycles. The van der Waals surface area contributed by atoms with Crippen molar-refractivity contribution in [3.8, 4) is 23.0 Å². The molecule has 4 aromatic rings. The van der Waals surface area contributed by atoms with Crippen molar-refractivity contribution in [1.29, 1.82) is 5.41 Å². The highest BCUT2D eigenvalue weighted by Gasteiger charge is 2.19. The second-order valence-corrected chi connectivity index (χ2v) is 10.6. The summed E-state index contributed by atoms with van der Waals surface area (Å²) in [4.78, 5) is 37.3. The second kappa shape index (κ2) is 17.9. The first-order valence-corrected chi connectivity index (χ1v) is 15.7. The first-order valence-electron chi connectivity index (χ1n) is 15.7. The number of nitrogens with one attached hydrogen (secondary N) is 1. The van der Waals surface area contributed by atoms with Gasteiger partial charge >= 0.3 is 17.9 Å². The maximum atomic E-state index is 13.2. The average molecular weight is 638 g/mol. The second-order valence-electron chi connectivity index (χ2n) is 10.6. The van der Waals surface area contributed by atoms with Crippen molar-refractivity contribution in [2.24, 2.45) is 0 Å². The Morgan fingerprint density at radius 2 is 1.26 bits per heavy atom. The van der Waals surface area contributed by atoms with Gasteiger partial charge in [-0.3, -0.25) is 0 Å². The molecule has 0 spiro atoms. The minimum Gasteiger partial charge on any atom is -0.494 e. The fourth-order valence-electron chi connectivity index (χ4n) is 4.64. The third-order valence-corrected chi connectivity index (χ3v) is 7.20. The van der Waals surface area contributed by atoms with Crippen LogP contribution in [0.4, 0.5) is 0 Å². The molecule has 0 aliphatic rings. The minimum absolute atomic E-state index is 0.188. The van der Waals surface area contributed by atoms with Gasteiger partial charge in [0.2, 0.25) is 0 Å². The lowest BCUT2D eigenvalue weighted by molar-refractivity contribution is -0.137. The Morgan fingerprint density at radius 3 is 1.83 bits per heavy atom. The van der Waals surface area contributed by atoms with Crippen LogP contribution in [0.15, 0.2) is 91.5 Å². The largest absolute Gasteiger partial charge is 0.494 e. The zero-order chi connectivity index (χ0) is 33.4. The van der Waals surface area contributed by atoms with Crippen LogP contribution in [0.2, 0.25) is 0 Å². The summed E-state index contributed by atoms with van der Waals surface area (Å²) in [5, 5.41) is 9.08. The van der Waals surface area contributed by atoms with Crippen molar-refractivity contribution >= 4 is 34.9 Å². The van der Waals surface area contributed by atoms with Gasteiger partial charge < -0.3 is 29.1 Å². The quantitative estimate of drug-likeness (QED) is 0.0382.